The molecule has 2 nitrogen and oxygen atoms in total. The van der Waals surface area contributed by atoms with Crippen molar-refractivity contribution in [2.45, 2.75) is 26.8 Å². The highest BCUT2D eigenvalue weighted by Crippen LogP contribution is 2.18. The Morgan fingerprint density at radius 1 is 1.31 bits per heavy atom. The van der Waals surface area contributed by atoms with E-state index in [-0.39, 0.29) is 0 Å². The smallest absolute Gasteiger partial charge is 0.119 e. The van der Waals surface area contributed by atoms with Crippen molar-refractivity contribution in [3.05, 3.63) is 42.0 Å². The van der Waals surface area contributed by atoms with Gasteiger partial charge in [-0.15, -0.1) is 0 Å². The topological polar surface area (TPSA) is 21.3 Å². The van der Waals surface area contributed by atoms with Crippen LogP contribution in [0.3, 0.4) is 0 Å². The molecule has 1 N–H and O–H groups in total. The highest BCUT2D eigenvalue weighted by molar-refractivity contribution is 5.60. The van der Waals surface area contributed by atoms with E-state index in [0.29, 0.717) is 6.61 Å². The Morgan fingerprint density at radius 2 is 2.06 bits per heavy atom. The minimum atomic E-state index is 0.662. The van der Waals surface area contributed by atoms with E-state index in [4.69, 9.17) is 4.74 Å². The summed E-state index contributed by atoms with van der Waals surface area (Å²) in [6, 6.07) is 8.23. The highest BCUT2D eigenvalue weighted by Gasteiger charge is 2.05. The molecule has 0 atom stereocenters. The van der Waals surface area contributed by atoms with Gasteiger partial charge in [0.05, 0.1) is 6.61 Å². The lowest BCUT2D eigenvalue weighted by Gasteiger charge is -2.12. The van der Waals surface area contributed by atoms with E-state index in [1.54, 1.807) is 0 Å². The molecule has 0 radical (unpaired) electrons. The maximum atomic E-state index is 5.45. The predicted molar refractivity (Wildman–Crippen MR) is 69.1 cm³/mol. The molecule has 2 heteroatoms. The van der Waals surface area contributed by atoms with Crippen molar-refractivity contribution in [3.63, 3.8) is 0 Å². The van der Waals surface area contributed by atoms with Gasteiger partial charge in [0, 0.05) is 12.1 Å². The molecule has 0 aromatic heterocycles. The zero-order valence-corrected chi connectivity index (χ0v) is 10.3. The highest BCUT2D eigenvalue weighted by atomic mass is 16.5. The molecule has 16 heavy (non-hydrogen) atoms. The molecule has 0 bridgehead atoms. The zero-order valence-electron chi connectivity index (χ0n) is 10.3. The molecule has 0 aliphatic heterocycles. The molecule has 1 aromatic rings. The Hall–Kier alpha value is -1.28. The molecule has 0 heterocycles. The first kappa shape index (κ1) is 12.8. The lowest BCUT2D eigenvalue weighted by atomic mass is 10.1. The van der Waals surface area contributed by atoms with Crippen LogP contribution in [0, 0.1) is 0 Å². The third kappa shape index (κ3) is 3.70. The van der Waals surface area contributed by atoms with Crippen LogP contribution in [0.4, 0.5) is 0 Å². The van der Waals surface area contributed by atoms with Crippen molar-refractivity contribution < 1.29 is 4.74 Å². The van der Waals surface area contributed by atoms with Crippen LogP contribution in [0.5, 0.6) is 0 Å². The van der Waals surface area contributed by atoms with Crippen LogP contribution < -0.4 is 5.32 Å². The van der Waals surface area contributed by atoms with Crippen molar-refractivity contribution in [1.82, 2.24) is 5.32 Å². The second kappa shape index (κ2) is 7.07. The predicted octanol–water partition coefficient (Wildman–Crippen LogP) is 3.19. The summed E-state index contributed by atoms with van der Waals surface area (Å²) < 4.78 is 5.45. The largest absolute Gasteiger partial charge is 0.494 e. The van der Waals surface area contributed by atoms with Crippen LogP contribution >= 0.6 is 0 Å². The molecule has 0 aliphatic carbocycles. The van der Waals surface area contributed by atoms with Crippen LogP contribution in [-0.2, 0) is 11.3 Å². The summed E-state index contributed by atoms with van der Waals surface area (Å²) in [5, 5.41) is 3.39. The fraction of sp³-hybridized carbons (Fsp3) is 0.429. The van der Waals surface area contributed by atoms with Crippen molar-refractivity contribution in [2.24, 2.45) is 0 Å². The van der Waals surface area contributed by atoms with Crippen molar-refractivity contribution >= 4 is 5.76 Å². The lowest BCUT2D eigenvalue weighted by Crippen LogP contribution is -2.15. The number of benzene rings is 1. The maximum absolute atomic E-state index is 5.45. The quantitative estimate of drug-likeness (QED) is 0.561. The normalized spacial score (nSPS) is 10.1. The summed E-state index contributed by atoms with van der Waals surface area (Å²) in [5.74, 6) is 0.761. The third-order valence-electron chi connectivity index (χ3n) is 2.38. The second-order valence-corrected chi connectivity index (χ2v) is 3.69. The first-order valence-electron chi connectivity index (χ1n) is 5.90. The lowest BCUT2D eigenvalue weighted by molar-refractivity contribution is 0.298. The third-order valence-corrected chi connectivity index (χ3v) is 2.38. The van der Waals surface area contributed by atoms with Crippen molar-refractivity contribution in [2.75, 3.05) is 13.2 Å². The first-order chi connectivity index (χ1) is 7.79. The van der Waals surface area contributed by atoms with Gasteiger partial charge in [-0.1, -0.05) is 37.8 Å². The van der Waals surface area contributed by atoms with Gasteiger partial charge in [0.2, 0.25) is 0 Å². The number of hydrogen-bond donors (Lipinski definition) is 1. The monoisotopic (exact) mass is 219 g/mol. The summed E-state index contributed by atoms with van der Waals surface area (Å²) in [5.41, 5.74) is 2.35. The fourth-order valence-corrected chi connectivity index (χ4v) is 1.60. The van der Waals surface area contributed by atoms with Gasteiger partial charge in [0.15, 0.2) is 0 Å². The minimum absolute atomic E-state index is 0.662. The van der Waals surface area contributed by atoms with Crippen LogP contribution in [-0.4, -0.2) is 13.2 Å². The van der Waals surface area contributed by atoms with Crippen LogP contribution in [0.2, 0.25) is 0 Å². The van der Waals surface area contributed by atoms with E-state index in [1.807, 2.05) is 19.1 Å². The molecule has 1 aromatic carbocycles. The second-order valence-electron chi connectivity index (χ2n) is 3.69. The molecule has 0 saturated carbocycles. The summed E-state index contributed by atoms with van der Waals surface area (Å²) in [6.45, 7) is 10.7. The van der Waals surface area contributed by atoms with Gasteiger partial charge in [-0.25, -0.2) is 0 Å². The van der Waals surface area contributed by atoms with E-state index in [2.05, 4.69) is 31.0 Å². The first-order valence-corrected chi connectivity index (χ1v) is 5.90. The van der Waals surface area contributed by atoms with Gasteiger partial charge in [0.25, 0.3) is 0 Å². The number of ether oxygens (including phenoxy) is 1. The molecule has 0 fully saturated rings. The van der Waals surface area contributed by atoms with Crippen LogP contribution in [0.1, 0.15) is 31.4 Å². The van der Waals surface area contributed by atoms with E-state index >= 15 is 0 Å². The Bertz CT molecular complexity index is 333. The van der Waals surface area contributed by atoms with Gasteiger partial charge in [-0.2, -0.15) is 0 Å². The average molecular weight is 219 g/mol. The van der Waals surface area contributed by atoms with Gasteiger partial charge >= 0.3 is 0 Å². The van der Waals surface area contributed by atoms with Crippen LogP contribution in [0.25, 0.3) is 5.76 Å². The molecule has 0 amide bonds. The van der Waals surface area contributed by atoms with Gasteiger partial charge in [-0.05, 0) is 25.5 Å². The molecule has 1 rings (SSSR count). The van der Waals surface area contributed by atoms with E-state index in [1.165, 1.54) is 5.56 Å². The summed E-state index contributed by atoms with van der Waals surface area (Å²) in [4.78, 5) is 0. The molecule has 0 unspecified atom stereocenters. The number of rotatable bonds is 7. The van der Waals surface area contributed by atoms with E-state index in [0.717, 1.165) is 30.8 Å². The Morgan fingerprint density at radius 3 is 2.75 bits per heavy atom. The summed E-state index contributed by atoms with van der Waals surface area (Å²) in [6.07, 6.45) is 1.15. The summed E-state index contributed by atoms with van der Waals surface area (Å²) in [7, 11) is 0. The Balaban J connectivity index is 2.71. The molecule has 0 spiro atoms. The number of hydrogen-bond acceptors (Lipinski definition) is 2. The maximum Gasteiger partial charge on any atom is 0.119 e. The molecular weight excluding hydrogens is 198 g/mol. The molecule has 0 saturated heterocycles. The summed E-state index contributed by atoms with van der Waals surface area (Å²) >= 11 is 0. The van der Waals surface area contributed by atoms with Gasteiger partial charge in [0.1, 0.15) is 5.76 Å². The van der Waals surface area contributed by atoms with Gasteiger partial charge in [-0.3, -0.25) is 0 Å². The average Bonchev–Trinajstić information content (AvgIpc) is 2.30. The van der Waals surface area contributed by atoms with Crippen LogP contribution in [0.15, 0.2) is 30.8 Å². The van der Waals surface area contributed by atoms with E-state index in [9.17, 15) is 0 Å². The Labute approximate surface area is 98.3 Å². The minimum Gasteiger partial charge on any atom is -0.494 e. The standard InChI is InChI=1S/C14H21NO/c1-4-10-15-11-13-8-6-7-9-14(13)12(3)16-5-2/h6-9,15H,3-5,10-11H2,1-2H3. The van der Waals surface area contributed by atoms with Crippen molar-refractivity contribution in [1.29, 1.82) is 0 Å². The zero-order chi connectivity index (χ0) is 11.8. The molecule has 0 aliphatic rings. The molecule has 88 valence electrons. The van der Waals surface area contributed by atoms with Crippen molar-refractivity contribution in [3.8, 4) is 0 Å². The Kier molecular flexibility index (Phi) is 5.65. The van der Waals surface area contributed by atoms with E-state index < -0.39 is 0 Å². The number of nitrogens with one attached hydrogen (secondary N) is 1. The fourth-order valence-electron chi connectivity index (χ4n) is 1.60. The molecular formula is C14H21NO. The van der Waals surface area contributed by atoms with Gasteiger partial charge < -0.3 is 10.1 Å². The SMILES string of the molecule is C=C(OCC)c1ccccc1CNCCC.